The summed E-state index contributed by atoms with van der Waals surface area (Å²) in [5.74, 6) is 1.67. The lowest BCUT2D eigenvalue weighted by Gasteiger charge is -2.32. The molecule has 1 aliphatic rings. The summed E-state index contributed by atoms with van der Waals surface area (Å²) in [7, 11) is 1.86. The third-order valence-electron chi connectivity index (χ3n) is 4.92. The van der Waals surface area contributed by atoms with E-state index < -0.39 is 0 Å². The van der Waals surface area contributed by atoms with Gasteiger partial charge in [-0.2, -0.15) is 0 Å². The van der Waals surface area contributed by atoms with Crippen molar-refractivity contribution in [2.24, 2.45) is 10.9 Å². The van der Waals surface area contributed by atoms with E-state index in [1.165, 1.54) is 38.0 Å². The van der Waals surface area contributed by atoms with Crippen LogP contribution >= 0.6 is 24.0 Å². The highest BCUT2D eigenvalue weighted by Gasteiger charge is 2.18. The lowest BCUT2D eigenvalue weighted by Crippen LogP contribution is -2.46. The molecule has 2 unspecified atom stereocenters. The van der Waals surface area contributed by atoms with Crippen LogP contribution in [0.3, 0.4) is 0 Å². The summed E-state index contributed by atoms with van der Waals surface area (Å²) in [4.78, 5) is 6.94. The average molecular weight is 458 g/mol. The molecule has 1 aliphatic heterocycles. The van der Waals surface area contributed by atoms with Crippen LogP contribution < -0.4 is 10.6 Å². The minimum atomic E-state index is 0. The summed E-state index contributed by atoms with van der Waals surface area (Å²) in [6, 6.07) is 11.1. The Bertz CT molecular complexity index is 492. The molecule has 1 fully saturated rings. The molecule has 4 nitrogen and oxygen atoms in total. The number of nitrogens with zero attached hydrogens (tertiary/aromatic N) is 2. The van der Waals surface area contributed by atoms with Crippen molar-refractivity contribution in [1.29, 1.82) is 0 Å². The Morgan fingerprint density at radius 2 is 2.08 bits per heavy atom. The molecule has 0 bridgehead atoms. The number of guanidine groups is 1. The van der Waals surface area contributed by atoms with Crippen molar-refractivity contribution in [1.82, 2.24) is 15.5 Å². The molecule has 25 heavy (non-hydrogen) atoms. The molecule has 0 amide bonds. The monoisotopic (exact) mass is 458 g/mol. The van der Waals surface area contributed by atoms with E-state index >= 15 is 0 Å². The maximum absolute atomic E-state index is 4.39. The van der Waals surface area contributed by atoms with Crippen LogP contribution in [0, 0.1) is 5.92 Å². The molecule has 0 aliphatic carbocycles. The zero-order valence-electron chi connectivity index (χ0n) is 16.0. The predicted molar refractivity (Wildman–Crippen MR) is 119 cm³/mol. The molecule has 5 heteroatoms. The molecule has 2 atom stereocenters. The minimum absolute atomic E-state index is 0. The Balaban J connectivity index is 0.00000312. The van der Waals surface area contributed by atoms with Gasteiger partial charge in [0.05, 0.1) is 0 Å². The first-order valence-electron chi connectivity index (χ1n) is 9.44. The second kappa shape index (κ2) is 12.5. The Morgan fingerprint density at radius 1 is 1.32 bits per heavy atom. The zero-order chi connectivity index (χ0) is 17.2. The largest absolute Gasteiger partial charge is 0.356 e. The van der Waals surface area contributed by atoms with Crippen LogP contribution in [0.2, 0.25) is 0 Å². The van der Waals surface area contributed by atoms with Gasteiger partial charge in [-0.25, -0.2) is 0 Å². The van der Waals surface area contributed by atoms with Gasteiger partial charge in [-0.1, -0.05) is 37.3 Å². The summed E-state index contributed by atoms with van der Waals surface area (Å²) < 4.78 is 0. The normalized spacial score (nSPS) is 19.8. The smallest absolute Gasteiger partial charge is 0.191 e. The Hall–Kier alpha value is -0.820. The van der Waals surface area contributed by atoms with Crippen LogP contribution in [-0.2, 0) is 6.42 Å². The second-order valence-corrected chi connectivity index (χ2v) is 6.92. The molecule has 142 valence electrons. The van der Waals surface area contributed by atoms with Gasteiger partial charge in [0.1, 0.15) is 0 Å². The van der Waals surface area contributed by atoms with E-state index in [0.717, 1.165) is 31.3 Å². The maximum atomic E-state index is 4.39. The fourth-order valence-corrected chi connectivity index (χ4v) is 3.37. The molecule has 0 spiro atoms. The summed E-state index contributed by atoms with van der Waals surface area (Å²) in [5, 5.41) is 7.05. The molecule has 2 N–H and O–H groups in total. The van der Waals surface area contributed by atoms with E-state index in [1.807, 2.05) is 7.05 Å². The van der Waals surface area contributed by atoms with Gasteiger partial charge in [-0.3, -0.25) is 4.99 Å². The Kier molecular flexibility index (Phi) is 11.1. The molecule has 0 aromatic heterocycles. The highest BCUT2D eigenvalue weighted by atomic mass is 127. The van der Waals surface area contributed by atoms with Crippen molar-refractivity contribution >= 4 is 29.9 Å². The molecule has 0 saturated carbocycles. The van der Waals surface area contributed by atoms with Gasteiger partial charge in [0.2, 0.25) is 0 Å². The molecular weight excluding hydrogens is 423 g/mol. The van der Waals surface area contributed by atoms with Gasteiger partial charge in [-0.05, 0) is 57.2 Å². The Labute approximate surface area is 170 Å². The van der Waals surface area contributed by atoms with Crippen LogP contribution in [0.25, 0.3) is 0 Å². The third-order valence-corrected chi connectivity index (χ3v) is 4.92. The number of piperidine rings is 1. The van der Waals surface area contributed by atoms with Crippen molar-refractivity contribution in [3.8, 4) is 0 Å². The summed E-state index contributed by atoms with van der Waals surface area (Å²) in [6.45, 7) is 9.14. The molecule has 0 radical (unpaired) electrons. The number of aryl methyl sites for hydroxylation is 1. The quantitative estimate of drug-likeness (QED) is 0.373. The number of nitrogens with one attached hydrogen (secondary N) is 2. The first-order chi connectivity index (χ1) is 11.7. The van der Waals surface area contributed by atoms with Crippen molar-refractivity contribution in [2.75, 3.05) is 33.2 Å². The average Bonchev–Trinajstić information content (AvgIpc) is 2.64. The van der Waals surface area contributed by atoms with Gasteiger partial charge < -0.3 is 15.5 Å². The van der Waals surface area contributed by atoms with E-state index in [1.54, 1.807) is 0 Å². The maximum Gasteiger partial charge on any atom is 0.191 e. The van der Waals surface area contributed by atoms with Gasteiger partial charge in [0.15, 0.2) is 5.96 Å². The van der Waals surface area contributed by atoms with E-state index in [2.05, 4.69) is 64.7 Å². The molecular formula is C20H35IN4. The van der Waals surface area contributed by atoms with Crippen molar-refractivity contribution in [3.63, 3.8) is 0 Å². The van der Waals surface area contributed by atoms with Gasteiger partial charge >= 0.3 is 0 Å². The topological polar surface area (TPSA) is 39.7 Å². The van der Waals surface area contributed by atoms with E-state index in [9.17, 15) is 0 Å². The first kappa shape index (κ1) is 22.2. The van der Waals surface area contributed by atoms with E-state index in [4.69, 9.17) is 0 Å². The molecule has 1 heterocycles. The van der Waals surface area contributed by atoms with E-state index in [0.29, 0.717) is 6.04 Å². The first-order valence-corrected chi connectivity index (χ1v) is 9.44. The second-order valence-electron chi connectivity index (χ2n) is 6.92. The van der Waals surface area contributed by atoms with Crippen molar-refractivity contribution in [2.45, 2.75) is 45.6 Å². The van der Waals surface area contributed by atoms with Gasteiger partial charge in [0.25, 0.3) is 0 Å². The standard InChI is InChI=1S/C20H34N4.HI/c1-4-24-14-8-11-19(16-24)15-22-20(21-3)23-17(2)12-13-18-9-6-5-7-10-18;/h5-7,9-10,17,19H,4,8,11-16H2,1-3H3,(H2,21,22,23);1H. The minimum Gasteiger partial charge on any atom is -0.356 e. The highest BCUT2D eigenvalue weighted by Crippen LogP contribution is 2.15. The number of likely N-dealkylation sites (tertiary alicyclic amines) is 1. The van der Waals surface area contributed by atoms with Crippen LogP contribution in [0.1, 0.15) is 38.7 Å². The van der Waals surface area contributed by atoms with Crippen LogP contribution in [-0.4, -0.2) is 50.1 Å². The van der Waals surface area contributed by atoms with Crippen LogP contribution in [0.15, 0.2) is 35.3 Å². The highest BCUT2D eigenvalue weighted by molar-refractivity contribution is 14.0. The number of rotatable bonds is 7. The zero-order valence-corrected chi connectivity index (χ0v) is 18.3. The molecule has 1 aromatic carbocycles. The van der Waals surface area contributed by atoms with Crippen molar-refractivity contribution < 1.29 is 0 Å². The number of halogens is 1. The summed E-state index contributed by atoms with van der Waals surface area (Å²) in [6.07, 6.45) is 4.85. The third kappa shape index (κ3) is 8.40. The lowest BCUT2D eigenvalue weighted by atomic mass is 9.98. The Morgan fingerprint density at radius 3 is 2.76 bits per heavy atom. The SMILES string of the molecule is CCN1CCCC(CNC(=NC)NC(C)CCc2ccccc2)C1.I. The fourth-order valence-electron chi connectivity index (χ4n) is 3.37. The predicted octanol–water partition coefficient (Wildman–Crippen LogP) is 3.52. The van der Waals surface area contributed by atoms with Crippen LogP contribution in [0.4, 0.5) is 0 Å². The lowest BCUT2D eigenvalue weighted by molar-refractivity contribution is 0.183. The molecule has 2 rings (SSSR count). The number of hydrogen-bond acceptors (Lipinski definition) is 2. The number of hydrogen-bond donors (Lipinski definition) is 2. The number of aliphatic imine (C=N–C) groups is 1. The van der Waals surface area contributed by atoms with Crippen molar-refractivity contribution in [3.05, 3.63) is 35.9 Å². The number of benzene rings is 1. The summed E-state index contributed by atoms with van der Waals surface area (Å²) >= 11 is 0. The summed E-state index contributed by atoms with van der Waals surface area (Å²) in [5.41, 5.74) is 1.40. The van der Waals surface area contributed by atoms with Crippen LogP contribution in [0.5, 0.6) is 0 Å². The van der Waals surface area contributed by atoms with Gasteiger partial charge in [0, 0.05) is 26.2 Å². The molecule has 1 saturated heterocycles. The van der Waals surface area contributed by atoms with Gasteiger partial charge in [-0.15, -0.1) is 24.0 Å². The van der Waals surface area contributed by atoms with E-state index in [-0.39, 0.29) is 24.0 Å². The molecule has 1 aromatic rings. The fraction of sp³-hybridized carbons (Fsp3) is 0.650.